The number of allylic oxidation sites excluding steroid dienone is 1. The second-order valence-electron chi connectivity index (χ2n) is 7.04. The molecule has 0 bridgehead atoms. The number of nitrogens with one attached hydrogen (secondary N) is 2. The molecule has 9 heteroatoms. The van der Waals surface area contributed by atoms with Crippen LogP contribution in [0.3, 0.4) is 0 Å². The van der Waals surface area contributed by atoms with E-state index in [0.29, 0.717) is 17.3 Å². The van der Waals surface area contributed by atoms with E-state index < -0.39 is 11.9 Å². The third-order valence-electron chi connectivity index (χ3n) is 4.46. The Morgan fingerprint density at radius 2 is 1.49 bits per heavy atom. The van der Waals surface area contributed by atoms with Crippen LogP contribution in [0.4, 0.5) is 18.9 Å². The Hall–Kier alpha value is -4.79. The summed E-state index contributed by atoms with van der Waals surface area (Å²) in [5.41, 5.74) is 0.936. The van der Waals surface area contributed by atoms with Crippen LogP contribution >= 0.6 is 0 Å². The highest BCUT2D eigenvalue weighted by molar-refractivity contribution is 5.66. The van der Waals surface area contributed by atoms with Crippen molar-refractivity contribution in [3.8, 4) is 22.9 Å². The predicted octanol–water partition coefficient (Wildman–Crippen LogP) is 7.59. The Bertz CT molecular complexity index is 1240. The van der Waals surface area contributed by atoms with E-state index in [4.69, 9.17) is 10.1 Å². The van der Waals surface area contributed by atoms with Gasteiger partial charge in [0.15, 0.2) is 5.82 Å². The van der Waals surface area contributed by atoms with Gasteiger partial charge in [-0.2, -0.15) is 13.2 Å². The topological polar surface area (TPSA) is 83.8 Å². The molecule has 0 radical (unpaired) electrons. The average molecular weight is 506 g/mol. The van der Waals surface area contributed by atoms with Crippen LogP contribution in [-0.2, 0) is 12.7 Å². The standard InChI is InChI=1S/C23H17F3N4O.C3H5N.C2H4/c24-23(25,26)21-12-18(10-11-27-21)28-13-16-14-29-22(30-15-16)17-6-8-20(9-7-17)31-19-4-2-1-3-5-19;1-2-3-4;1-2/h1-12,14-15H,13H2,(H,27,28);2-4H,1H2;1-2H2. The zero-order chi connectivity index (χ0) is 27.1. The molecule has 2 aromatic heterocycles. The van der Waals surface area contributed by atoms with Gasteiger partial charge in [-0.15, -0.1) is 13.2 Å². The van der Waals surface area contributed by atoms with Crippen LogP contribution in [0.15, 0.2) is 111 Å². The molecule has 6 nitrogen and oxygen atoms in total. The molecule has 0 unspecified atom stereocenters. The molecular weight excluding hydrogens is 479 g/mol. The molecule has 0 aliphatic carbocycles. The van der Waals surface area contributed by atoms with E-state index >= 15 is 0 Å². The number of alkyl halides is 3. The third-order valence-corrected chi connectivity index (χ3v) is 4.46. The highest BCUT2D eigenvalue weighted by atomic mass is 19.4. The lowest BCUT2D eigenvalue weighted by atomic mass is 10.2. The summed E-state index contributed by atoms with van der Waals surface area (Å²) in [5, 5.41) is 9.14. The molecule has 2 heterocycles. The Kier molecular flexibility index (Phi) is 11.2. The predicted molar refractivity (Wildman–Crippen MR) is 141 cm³/mol. The number of aromatic nitrogens is 3. The molecule has 37 heavy (non-hydrogen) atoms. The normalized spacial score (nSPS) is 10.0. The summed E-state index contributed by atoms with van der Waals surface area (Å²) in [5.74, 6) is 1.99. The number of pyridine rings is 1. The van der Waals surface area contributed by atoms with Crippen molar-refractivity contribution in [3.63, 3.8) is 0 Å². The number of ether oxygens (including phenoxy) is 1. The van der Waals surface area contributed by atoms with Gasteiger partial charge in [0.2, 0.25) is 0 Å². The van der Waals surface area contributed by atoms with Crippen molar-refractivity contribution in [1.82, 2.24) is 15.0 Å². The molecule has 0 aliphatic heterocycles. The molecule has 4 aromatic rings. The van der Waals surface area contributed by atoms with Crippen molar-refractivity contribution in [2.24, 2.45) is 0 Å². The third kappa shape index (κ3) is 9.41. The Morgan fingerprint density at radius 1 is 0.892 bits per heavy atom. The molecule has 0 spiro atoms. The molecule has 2 N–H and O–H groups in total. The Labute approximate surface area is 213 Å². The summed E-state index contributed by atoms with van der Waals surface area (Å²) in [6.45, 7) is 9.52. The smallest absolute Gasteiger partial charge is 0.433 e. The van der Waals surface area contributed by atoms with Crippen LogP contribution in [0.5, 0.6) is 11.5 Å². The van der Waals surface area contributed by atoms with Gasteiger partial charge in [-0.05, 0) is 48.5 Å². The highest BCUT2D eigenvalue weighted by Gasteiger charge is 2.32. The Balaban J connectivity index is 0.000000733. The van der Waals surface area contributed by atoms with Crippen LogP contribution < -0.4 is 10.1 Å². The van der Waals surface area contributed by atoms with Crippen molar-refractivity contribution in [1.29, 1.82) is 5.41 Å². The van der Waals surface area contributed by atoms with Crippen molar-refractivity contribution < 1.29 is 17.9 Å². The van der Waals surface area contributed by atoms with Gasteiger partial charge in [0.05, 0.1) is 0 Å². The monoisotopic (exact) mass is 505 g/mol. The summed E-state index contributed by atoms with van der Waals surface area (Å²) < 4.78 is 44.0. The summed E-state index contributed by atoms with van der Waals surface area (Å²) in [4.78, 5) is 12.0. The molecule has 0 saturated heterocycles. The van der Waals surface area contributed by atoms with Gasteiger partial charge < -0.3 is 15.5 Å². The zero-order valence-corrected chi connectivity index (χ0v) is 19.9. The van der Waals surface area contributed by atoms with Gasteiger partial charge in [-0.25, -0.2) is 9.97 Å². The maximum atomic E-state index is 12.8. The van der Waals surface area contributed by atoms with Crippen molar-refractivity contribution >= 4 is 11.9 Å². The fraction of sp³-hybridized carbons (Fsp3) is 0.0714. The van der Waals surface area contributed by atoms with E-state index in [0.717, 1.165) is 35.4 Å². The summed E-state index contributed by atoms with van der Waals surface area (Å²) in [6, 6.07) is 19.3. The molecule has 2 aromatic carbocycles. The number of anilines is 1. The maximum Gasteiger partial charge on any atom is 0.433 e. The molecule has 0 fully saturated rings. The van der Waals surface area contributed by atoms with Gasteiger partial charge in [0.1, 0.15) is 17.2 Å². The first-order chi connectivity index (χ1) is 17.9. The minimum atomic E-state index is -4.48. The van der Waals surface area contributed by atoms with Gasteiger partial charge in [0, 0.05) is 48.2 Å². The molecule has 4 rings (SSSR count). The number of para-hydroxylation sites is 1. The summed E-state index contributed by atoms with van der Waals surface area (Å²) in [7, 11) is 0. The molecule has 0 amide bonds. The minimum Gasteiger partial charge on any atom is -0.457 e. The van der Waals surface area contributed by atoms with E-state index in [1.54, 1.807) is 12.4 Å². The van der Waals surface area contributed by atoms with Gasteiger partial charge >= 0.3 is 6.18 Å². The number of benzene rings is 2. The highest BCUT2D eigenvalue weighted by Crippen LogP contribution is 2.29. The second-order valence-corrected chi connectivity index (χ2v) is 7.04. The van der Waals surface area contributed by atoms with Gasteiger partial charge in [-0.3, -0.25) is 4.98 Å². The van der Waals surface area contributed by atoms with Gasteiger partial charge in [0.25, 0.3) is 0 Å². The first-order valence-corrected chi connectivity index (χ1v) is 10.9. The number of halogens is 3. The lowest BCUT2D eigenvalue weighted by Crippen LogP contribution is -2.09. The fourth-order valence-electron chi connectivity index (χ4n) is 2.79. The lowest BCUT2D eigenvalue weighted by molar-refractivity contribution is -0.141. The quantitative estimate of drug-likeness (QED) is 0.200. The van der Waals surface area contributed by atoms with E-state index in [1.807, 2.05) is 54.6 Å². The van der Waals surface area contributed by atoms with Gasteiger partial charge in [-0.1, -0.05) is 30.9 Å². The summed E-state index contributed by atoms with van der Waals surface area (Å²) in [6.07, 6.45) is 2.46. The first-order valence-electron chi connectivity index (χ1n) is 10.9. The Morgan fingerprint density at radius 3 is 2.05 bits per heavy atom. The van der Waals surface area contributed by atoms with Crippen LogP contribution in [0.2, 0.25) is 0 Å². The summed E-state index contributed by atoms with van der Waals surface area (Å²) >= 11 is 0. The van der Waals surface area contributed by atoms with Crippen LogP contribution in [0, 0.1) is 5.41 Å². The average Bonchev–Trinajstić information content (AvgIpc) is 2.94. The van der Waals surface area contributed by atoms with E-state index in [-0.39, 0.29) is 6.54 Å². The first kappa shape index (κ1) is 28.4. The van der Waals surface area contributed by atoms with E-state index in [2.05, 4.69) is 40.0 Å². The second kappa shape index (κ2) is 14.6. The zero-order valence-electron chi connectivity index (χ0n) is 19.9. The largest absolute Gasteiger partial charge is 0.457 e. The SMILES string of the molecule is C=C.C=CC=N.FC(F)(F)c1cc(NCc2cnc(-c3ccc(Oc4ccccc4)cc3)nc2)ccn1. The van der Waals surface area contributed by atoms with E-state index in [9.17, 15) is 13.2 Å². The number of nitrogens with zero attached hydrogens (tertiary/aromatic N) is 3. The van der Waals surface area contributed by atoms with Crippen molar-refractivity contribution in [2.45, 2.75) is 12.7 Å². The molecule has 0 saturated carbocycles. The molecule has 0 aliphatic rings. The van der Waals surface area contributed by atoms with Crippen LogP contribution in [0.1, 0.15) is 11.3 Å². The van der Waals surface area contributed by atoms with Crippen LogP contribution in [0.25, 0.3) is 11.4 Å². The molecular formula is C28H26F3N5O. The van der Waals surface area contributed by atoms with E-state index in [1.165, 1.54) is 12.1 Å². The number of rotatable bonds is 7. The minimum absolute atomic E-state index is 0.283. The maximum absolute atomic E-state index is 12.8. The number of hydrogen-bond donors (Lipinski definition) is 2. The number of hydrogen-bond acceptors (Lipinski definition) is 6. The lowest BCUT2D eigenvalue weighted by Gasteiger charge is -2.10. The molecule has 190 valence electrons. The molecule has 0 atom stereocenters. The van der Waals surface area contributed by atoms with Crippen LogP contribution in [-0.4, -0.2) is 21.2 Å². The fourth-order valence-corrected chi connectivity index (χ4v) is 2.79. The van der Waals surface area contributed by atoms with Crippen molar-refractivity contribution in [3.05, 3.63) is 122 Å². The van der Waals surface area contributed by atoms with Crippen molar-refractivity contribution in [2.75, 3.05) is 5.32 Å².